The molecule has 0 bridgehead atoms. The van der Waals surface area contributed by atoms with Gasteiger partial charge in [-0.3, -0.25) is 9.88 Å². The molecule has 0 radical (unpaired) electrons. The van der Waals surface area contributed by atoms with Crippen molar-refractivity contribution in [2.45, 2.75) is 11.6 Å². The number of hydrogen-bond acceptors (Lipinski definition) is 7. The summed E-state index contributed by atoms with van der Waals surface area (Å²) in [5.41, 5.74) is 1.31. The highest BCUT2D eigenvalue weighted by Gasteiger charge is 2.69. The fourth-order valence-corrected chi connectivity index (χ4v) is 5.06. The van der Waals surface area contributed by atoms with Crippen LogP contribution in [0.25, 0.3) is 11.1 Å². The van der Waals surface area contributed by atoms with Crippen molar-refractivity contribution in [3.05, 3.63) is 60.2 Å². The number of nitrogens with zero attached hydrogens (tertiary/aromatic N) is 6. The Labute approximate surface area is 186 Å². The van der Waals surface area contributed by atoms with Gasteiger partial charge in [0, 0.05) is 42.2 Å². The summed E-state index contributed by atoms with van der Waals surface area (Å²) in [7, 11) is 0. The molecule has 3 aromatic rings. The van der Waals surface area contributed by atoms with Gasteiger partial charge < -0.3 is 10.1 Å². The number of piperidine rings is 1. The number of nitriles is 1. The zero-order chi connectivity index (χ0) is 22.7. The number of amides is 1. The first-order valence-electron chi connectivity index (χ1n) is 10.4. The molecule has 2 unspecified atom stereocenters. The molecule has 11 heteroatoms. The Balaban J connectivity index is 1.23. The standard InChI is InChI=1S/C22H17F2N7O2/c23-17-5-13(30-10-20(33-21(30)32)31-19(24)9-28-29-31)2-3-14(17)12-1-4-18(27-6-12)22(11-25)15-7-26-8-16(15)22/h1-6,9,15-16,20,26H,7-8,10H2/t15-,16+,20?,22?. The summed E-state index contributed by atoms with van der Waals surface area (Å²) in [5.74, 6) is -0.747. The number of benzene rings is 1. The third kappa shape index (κ3) is 2.84. The highest BCUT2D eigenvalue weighted by molar-refractivity contribution is 5.90. The summed E-state index contributed by atoms with van der Waals surface area (Å²) in [5, 5.41) is 20.0. The molecule has 1 amide bonds. The van der Waals surface area contributed by atoms with Crippen LogP contribution in [0.1, 0.15) is 11.9 Å². The molecule has 2 aromatic heterocycles. The number of rotatable bonds is 4. The molecule has 1 aliphatic carbocycles. The number of aromatic nitrogens is 4. The maximum atomic E-state index is 15.0. The molecule has 4 heterocycles. The number of halogens is 2. The van der Waals surface area contributed by atoms with E-state index in [1.807, 2.05) is 0 Å². The lowest BCUT2D eigenvalue weighted by Gasteiger charge is -2.15. The van der Waals surface area contributed by atoms with Gasteiger partial charge in [-0.05, 0) is 24.3 Å². The molecule has 0 spiro atoms. The smallest absolute Gasteiger partial charge is 0.416 e. The monoisotopic (exact) mass is 449 g/mol. The van der Waals surface area contributed by atoms with Gasteiger partial charge in [0.1, 0.15) is 17.4 Å². The van der Waals surface area contributed by atoms with Crippen molar-refractivity contribution in [3.8, 4) is 17.2 Å². The fraction of sp³-hybridized carbons (Fsp3) is 0.318. The molecule has 1 saturated carbocycles. The molecule has 4 atom stereocenters. The topological polar surface area (TPSA) is 109 Å². The highest BCUT2D eigenvalue weighted by Crippen LogP contribution is 2.60. The van der Waals surface area contributed by atoms with Crippen LogP contribution in [0, 0.1) is 34.9 Å². The number of anilines is 1. The average Bonchev–Trinajstić information content (AvgIpc) is 3.29. The summed E-state index contributed by atoms with van der Waals surface area (Å²) in [6.07, 6.45) is 0.750. The van der Waals surface area contributed by atoms with Crippen molar-refractivity contribution in [3.63, 3.8) is 0 Å². The molecule has 3 fully saturated rings. The van der Waals surface area contributed by atoms with Crippen LogP contribution in [-0.4, -0.2) is 45.7 Å². The van der Waals surface area contributed by atoms with Crippen molar-refractivity contribution in [2.24, 2.45) is 11.8 Å². The normalized spacial score (nSPS) is 27.8. The Morgan fingerprint density at radius 1 is 1.18 bits per heavy atom. The van der Waals surface area contributed by atoms with Crippen LogP contribution in [-0.2, 0) is 10.2 Å². The van der Waals surface area contributed by atoms with Crippen molar-refractivity contribution < 1.29 is 18.3 Å². The number of pyridine rings is 1. The second kappa shape index (κ2) is 7.05. The fourth-order valence-electron chi connectivity index (χ4n) is 5.06. The Morgan fingerprint density at radius 2 is 2.00 bits per heavy atom. The summed E-state index contributed by atoms with van der Waals surface area (Å²) in [6, 6.07) is 10.3. The van der Waals surface area contributed by atoms with E-state index in [1.165, 1.54) is 11.0 Å². The molecular formula is C22H17F2N7O2. The van der Waals surface area contributed by atoms with Gasteiger partial charge >= 0.3 is 6.09 Å². The number of hydrogen-bond donors (Lipinski definition) is 1. The van der Waals surface area contributed by atoms with Crippen molar-refractivity contribution >= 4 is 11.8 Å². The van der Waals surface area contributed by atoms with Gasteiger partial charge in [0.25, 0.3) is 0 Å². The first kappa shape index (κ1) is 19.8. The van der Waals surface area contributed by atoms with E-state index in [-0.39, 0.29) is 24.1 Å². The predicted octanol–water partition coefficient (Wildman–Crippen LogP) is 2.38. The Bertz CT molecular complexity index is 1290. The minimum Gasteiger partial charge on any atom is -0.421 e. The predicted molar refractivity (Wildman–Crippen MR) is 110 cm³/mol. The number of fused-ring (bicyclic) bond motifs is 1. The molecule has 1 N–H and O–H groups in total. The van der Waals surface area contributed by atoms with Crippen molar-refractivity contribution in [1.29, 1.82) is 5.26 Å². The summed E-state index contributed by atoms with van der Waals surface area (Å²) in [6.45, 7) is 1.57. The molecule has 2 saturated heterocycles. The maximum Gasteiger partial charge on any atom is 0.416 e. The molecule has 1 aromatic carbocycles. The van der Waals surface area contributed by atoms with Crippen LogP contribution in [0.2, 0.25) is 0 Å². The Morgan fingerprint density at radius 3 is 2.64 bits per heavy atom. The minimum atomic E-state index is -0.996. The van der Waals surface area contributed by atoms with Crippen LogP contribution >= 0.6 is 0 Å². The SMILES string of the molecule is N#CC1(c2ccc(-c3ccc(N4CC(n5nncc5F)OC4=O)cc3F)cn2)[C@@H]2CNC[C@@H]21. The maximum absolute atomic E-state index is 15.0. The van der Waals surface area contributed by atoms with Crippen molar-refractivity contribution in [1.82, 2.24) is 25.3 Å². The first-order valence-corrected chi connectivity index (χ1v) is 10.4. The average molecular weight is 449 g/mol. The van der Waals surface area contributed by atoms with E-state index >= 15 is 0 Å². The van der Waals surface area contributed by atoms with E-state index < -0.39 is 29.5 Å². The molecular weight excluding hydrogens is 432 g/mol. The zero-order valence-electron chi connectivity index (χ0n) is 17.2. The van der Waals surface area contributed by atoms with Gasteiger partial charge in [0.15, 0.2) is 0 Å². The van der Waals surface area contributed by atoms with Gasteiger partial charge in [-0.2, -0.15) is 14.3 Å². The molecule has 9 nitrogen and oxygen atoms in total. The Kier molecular flexibility index (Phi) is 4.22. The summed E-state index contributed by atoms with van der Waals surface area (Å²) >= 11 is 0. The summed E-state index contributed by atoms with van der Waals surface area (Å²) < 4.78 is 34.7. The van der Waals surface area contributed by atoms with Crippen LogP contribution in [0.4, 0.5) is 19.3 Å². The number of cyclic esters (lactones) is 1. The highest BCUT2D eigenvalue weighted by atomic mass is 19.1. The lowest BCUT2D eigenvalue weighted by Crippen LogP contribution is -2.25. The van der Waals surface area contributed by atoms with Gasteiger partial charge in [-0.1, -0.05) is 11.3 Å². The van der Waals surface area contributed by atoms with E-state index in [0.717, 1.165) is 24.0 Å². The van der Waals surface area contributed by atoms with E-state index in [2.05, 4.69) is 26.7 Å². The molecule has 2 aliphatic heterocycles. The largest absolute Gasteiger partial charge is 0.421 e. The minimum absolute atomic E-state index is 0.0401. The molecule has 6 rings (SSSR count). The molecule has 166 valence electrons. The molecule has 33 heavy (non-hydrogen) atoms. The molecule has 3 aliphatic rings. The van der Waals surface area contributed by atoms with E-state index in [4.69, 9.17) is 4.74 Å². The quantitative estimate of drug-likeness (QED) is 0.651. The van der Waals surface area contributed by atoms with Gasteiger partial charge in [-0.15, -0.1) is 5.10 Å². The number of carbonyl (C=O) groups is 1. The van der Waals surface area contributed by atoms with E-state index in [1.54, 1.807) is 30.5 Å². The van der Waals surface area contributed by atoms with E-state index in [9.17, 15) is 18.8 Å². The lowest BCUT2D eigenvalue weighted by molar-refractivity contribution is 0.0830. The van der Waals surface area contributed by atoms with Crippen molar-refractivity contribution in [2.75, 3.05) is 24.5 Å². The van der Waals surface area contributed by atoms with Crippen LogP contribution in [0.3, 0.4) is 0 Å². The van der Waals surface area contributed by atoms with Crippen LogP contribution < -0.4 is 10.2 Å². The second-order valence-corrected chi connectivity index (χ2v) is 8.40. The summed E-state index contributed by atoms with van der Waals surface area (Å²) in [4.78, 5) is 18.0. The first-order chi connectivity index (χ1) is 16.0. The Hall–Kier alpha value is -3.91. The third-order valence-corrected chi connectivity index (χ3v) is 6.82. The number of nitrogens with one attached hydrogen (secondary N) is 1. The number of ether oxygens (including phenoxy) is 1. The lowest BCUT2D eigenvalue weighted by atomic mass is 9.96. The zero-order valence-corrected chi connectivity index (χ0v) is 17.2. The number of carbonyl (C=O) groups excluding carboxylic acids is 1. The third-order valence-electron chi connectivity index (χ3n) is 6.82. The van der Waals surface area contributed by atoms with Gasteiger partial charge in [-0.25, -0.2) is 9.18 Å². The van der Waals surface area contributed by atoms with E-state index in [0.29, 0.717) is 16.8 Å². The van der Waals surface area contributed by atoms with Gasteiger partial charge in [0.2, 0.25) is 12.2 Å². The van der Waals surface area contributed by atoms with Crippen LogP contribution in [0.15, 0.2) is 42.7 Å². The van der Waals surface area contributed by atoms with Crippen LogP contribution in [0.5, 0.6) is 0 Å². The second-order valence-electron chi connectivity index (χ2n) is 8.40. The van der Waals surface area contributed by atoms with Gasteiger partial charge in [0.05, 0.1) is 24.0 Å².